The lowest BCUT2D eigenvalue weighted by Crippen LogP contribution is -2.61. The zero-order valence-corrected chi connectivity index (χ0v) is 35.8. The first-order chi connectivity index (χ1) is 28.1. The highest BCUT2D eigenvalue weighted by Crippen LogP contribution is 2.24. The molecule has 5 N–H and O–H groups in total. The smallest absolute Gasteiger partial charge is 0.328 e. The number of hydrogen-bond acceptors (Lipinski definition) is 11. The van der Waals surface area contributed by atoms with E-state index < -0.39 is 121 Å². The molecule has 0 aromatic heterocycles. The number of ether oxygens (including phenoxy) is 2. The van der Waals surface area contributed by atoms with Crippen LogP contribution in [-0.2, 0) is 54.3 Å². The quantitative estimate of drug-likeness (QED) is 0.0749. The second kappa shape index (κ2) is 23.8. The second-order valence-corrected chi connectivity index (χ2v) is 14.2. The Labute approximate surface area is 355 Å². The summed E-state index contributed by atoms with van der Waals surface area (Å²) in [6, 6.07) is -5.42. The largest absolute Gasteiger partial charge is 0.462 e. The number of cyclic esters (lactones) is 1. The molecule has 4 rings (SSSR count). The molecule has 3 aliphatic heterocycles. The molecular weight excluding hydrogens is 891 g/mol. The molecular formula is C39H54F2IN7O10. The van der Waals surface area contributed by atoms with Gasteiger partial charge >= 0.3 is 11.9 Å². The van der Waals surface area contributed by atoms with Gasteiger partial charge in [-0.3, -0.25) is 33.6 Å². The van der Waals surface area contributed by atoms with E-state index in [-0.39, 0.29) is 31.5 Å². The Balaban J connectivity index is 0.00000458. The Hall–Kier alpha value is -4.73. The Morgan fingerprint density at radius 1 is 1.00 bits per heavy atom. The molecule has 1 aromatic carbocycles. The van der Waals surface area contributed by atoms with Gasteiger partial charge in [0.1, 0.15) is 61.1 Å². The standard InChI is InChI=1S/C38H51F2N7O10.CH3I/c1-4-5-6-7-12-31(48)42-26(17-23-15-24(39)18-25(40)16-23)34(51)44-28-21-57-38(55)30-11-9-14-47(30)36(53)27(20-56-32(49)19-41)43-33(50)22(2)45(3)37(54)29-10-8-13-46(29)35(28)52;1-2/h7,12,15-16,18,22,26-30H,4-6,8-11,13-14,17,19-21,41H2,1-3H3,(H,42,48)(H,43,50)(H,44,51);1H3/b12-7+;/t22-,26-,27-,28-,29-,30-;/m0./s1. The van der Waals surface area contributed by atoms with Crippen molar-refractivity contribution in [2.24, 2.45) is 5.73 Å². The van der Waals surface area contributed by atoms with E-state index in [9.17, 15) is 47.1 Å². The zero-order valence-electron chi connectivity index (χ0n) is 33.7. The lowest BCUT2D eigenvalue weighted by molar-refractivity contribution is -0.159. The Morgan fingerprint density at radius 3 is 2.25 bits per heavy atom. The fraction of sp³-hybridized carbons (Fsp3) is 0.590. The number of unbranched alkanes of at least 4 members (excludes halogenated alkanes) is 2. The predicted octanol–water partition coefficient (Wildman–Crippen LogP) is 0.647. The molecule has 3 fully saturated rings. The van der Waals surface area contributed by atoms with Crippen molar-refractivity contribution in [1.82, 2.24) is 30.7 Å². The van der Waals surface area contributed by atoms with Crippen molar-refractivity contribution < 1.29 is 56.6 Å². The fourth-order valence-corrected chi connectivity index (χ4v) is 6.88. The predicted molar refractivity (Wildman–Crippen MR) is 217 cm³/mol. The minimum Gasteiger partial charge on any atom is -0.462 e. The third kappa shape index (κ3) is 13.7. The number of amides is 6. The number of alkyl halides is 1. The van der Waals surface area contributed by atoms with Crippen molar-refractivity contribution in [3.05, 3.63) is 47.5 Å². The van der Waals surface area contributed by atoms with E-state index in [0.29, 0.717) is 25.3 Å². The average Bonchev–Trinajstić information content (AvgIpc) is 3.92. The average molecular weight is 946 g/mol. The number of rotatable bonds is 12. The highest BCUT2D eigenvalue weighted by Gasteiger charge is 2.44. The van der Waals surface area contributed by atoms with Crippen molar-refractivity contribution in [2.45, 2.75) is 101 Å². The van der Waals surface area contributed by atoms with E-state index in [4.69, 9.17) is 15.2 Å². The Bertz CT molecular complexity index is 1720. The summed E-state index contributed by atoms with van der Waals surface area (Å²) in [5, 5.41) is 7.57. The highest BCUT2D eigenvalue weighted by molar-refractivity contribution is 14.1. The molecule has 0 spiro atoms. The summed E-state index contributed by atoms with van der Waals surface area (Å²) in [4.78, 5) is 113. The van der Waals surface area contributed by atoms with Crippen molar-refractivity contribution in [3.63, 3.8) is 0 Å². The van der Waals surface area contributed by atoms with Crippen LogP contribution in [-0.4, -0.2) is 143 Å². The first-order valence-corrected chi connectivity index (χ1v) is 21.6. The van der Waals surface area contributed by atoms with Crippen LogP contribution in [0.3, 0.4) is 0 Å². The van der Waals surface area contributed by atoms with Gasteiger partial charge in [-0.25, -0.2) is 13.6 Å². The van der Waals surface area contributed by atoms with Gasteiger partial charge in [0.2, 0.25) is 35.4 Å². The number of likely N-dealkylation sites (N-methyl/N-ethyl adjacent to an activating group) is 1. The zero-order chi connectivity index (χ0) is 43.8. The number of halogens is 3. The Kier molecular flexibility index (Phi) is 19.6. The minimum absolute atomic E-state index is 0.0205. The molecule has 0 bridgehead atoms. The molecule has 20 heteroatoms. The van der Waals surface area contributed by atoms with E-state index in [2.05, 4.69) is 38.5 Å². The molecule has 0 unspecified atom stereocenters. The molecule has 6 atom stereocenters. The molecule has 326 valence electrons. The van der Waals surface area contributed by atoms with Crippen LogP contribution in [0.2, 0.25) is 0 Å². The third-order valence-electron chi connectivity index (χ3n) is 10.1. The summed E-state index contributed by atoms with van der Waals surface area (Å²) >= 11 is 2.15. The number of hydrogen-bond donors (Lipinski definition) is 4. The van der Waals surface area contributed by atoms with Crippen molar-refractivity contribution >= 4 is 70.0 Å². The number of benzene rings is 1. The summed E-state index contributed by atoms with van der Waals surface area (Å²) in [6.45, 7) is 1.63. The Morgan fingerprint density at radius 2 is 1.63 bits per heavy atom. The maximum Gasteiger partial charge on any atom is 0.328 e. The van der Waals surface area contributed by atoms with Gasteiger partial charge in [-0.1, -0.05) is 48.4 Å². The molecule has 0 saturated carbocycles. The lowest BCUT2D eigenvalue weighted by Gasteiger charge is -2.34. The van der Waals surface area contributed by atoms with Crippen LogP contribution in [0.5, 0.6) is 0 Å². The molecule has 3 saturated heterocycles. The number of nitrogens with one attached hydrogen (secondary N) is 3. The molecule has 17 nitrogen and oxygen atoms in total. The SMILES string of the molecule is CCCC/C=C/C(=O)N[C@@H](Cc1cc(F)cc(F)c1)C(=O)N[C@H]1COC(=O)[C@@H]2CCCN2C(=O)[C@H](COC(=O)CN)NC(=O)[C@H](C)N(C)C(=O)[C@@H]2CCCN2C1=O.CI. The molecule has 1 aromatic rings. The molecule has 0 radical (unpaired) electrons. The molecule has 3 heterocycles. The van der Waals surface area contributed by atoms with Crippen LogP contribution in [0.25, 0.3) is 0 Å². The number of carbonyl (C=O) groups is 8. The number of allylic oxidation sites excluding steroid dienone is 1. The van der Waals surface area contributed by atoms with Gasteiger partial charge in [0, 0.05) is 32.6 Å². The maximum atomic E-state index is 14.3. The molecule has 59 heavy (non-hydrogen) atoms. The van der Waals surface area contributed by atoms with Gasteiger partial charge in [-0.15, -0.1) is 0 Å². The number of nitrogens with zero attached hydrogens (tertiary/aromatic N) is 3. The first kappa shape index (κ1) is 48.6. The van der Waals surface area contributed by atoms with E-state index in [0.717, 1.165) is 34.8 Å². The summed E-state index contributed by atoms with van der Waals surface area (Å²) in [7, 11) is 1.35. The van der Waals surface area contributed by atoms with Crippen molar-refractivity contribution in [2.75, 3.05) is 44.8 Å². The number of fused-ring (bicyclic) bond motifs is 2. The maximum absolute atomic E-state index is 14.3. The number of esters is 2. The molecule has 6 amide bonds. The summed E-state index contributed by atoms with van der Waals surface area (Å²) in [5.41, 5.74) is 5.37. The van der Waals surface area contributed by atoms with E-state index in [1.165, 1.54) is 24.9 Å². The van der Waals surface area contributed by atoms with Gasteiger partial charge in [-0.05, 0) is 67.7 Å². The van der Waals surface area contributed by atoms with Crippen LogP contribution in [0.1, 0.15) is 64.4 Å². The van der Waals surface area contributed by atoms with Gasteiger partial charge < -0.3 is 45.9 Å². The monoisotopic (exact) mass is 945 g/mol. The normalized spacial score (nSPS) is 23.4. The minimum atomic E-state index is -1.63. The molecule has 3 aliphatic rings. The van der Waals surface area contributed by atoms with Crippen LogP contribution < -0.4 is 21.7 Å². The third-order valence-corrected chi connectivity index (χ3v) is 10.1. The highest BCUT2D eigenvalue weighted by atomic mass is 127. The van der Waals surface area contributed by atoms with Crippen LogP contribution in [0.4, 0.5) is 8.78 Å². The lowest BCUT2D eigenvalue weighted by atomic mass is 10.0. The van der Waals surface area contributed by atoms with Crippen molar-refractivity contribution in [1.29, 1.82) is 0 Å². The molecule has 0 aliphatic carbocycles. The summed E-state index contributed by atoms with van der Waals surface area (Å²) in [6.07, 6.45) is 5.74. The van der Waals surface area contributed by atoms with E-state index in [1.807, 2.05) is 11.9 Å². The van der Waals surface area contributed by atoms with Crippen LogP contribution >= 0.6 is 22.6 Å². The van der Waals surface area contributed by atoms with Gasteiger partial charge in [0.15, 0.2) is 0 Å². The summed E-state index contributed by atoms with van der Waals surface area (Å²) in [5.74, 6) is -8.29. The van der Waals surface area contributed by atoms with Crippen LogP contribution in [0.15, 0.2) is 30.4 Å². The fourth-order valence-electron chi connectivity index (χ4n) is 6.88. The van der Waals surface area contributed by atoms with Gasteiger partial charge in [0.05, 0.1) is 6.54 Å². The van der Waals surface area contributed by atoms with Crippen molar-refractivity contribution in [3.8, 4) is 0 Å². The first-order valence-electron chi connectivity index (χ1n) is 19.5. The van der Waals surface area contributed by atoms with Gasteiger partial charge in [-0.2, -0.15) is 0 Å². The number of carbonyl (C=O) groups excluding carboxylic acids is 8. The topological polar surface area (TPSA) is 227 Å². The van der Waals surface area contributed by atoms with Crippen LogP contribution in [0, 0.1) is 11.6 Å². The van der Waals surface area contributed by atoms with E-state index in [1.54, 1.807) is 6.08 Å². The second-order valence-electron chi connectivity index (χ2n) is 14.2. The van der Waals surface area contributed by atoms with Gasteiger partial charge in [0.25, 0.3) is 0 Å². The summed E-state index contributed by atoms with van der Waals surface area (Å²) < 4.78 is 39.0. The van der Waals surface area contributed by atoms with E-state index >= 15 is 0 Å². The number of nitrogens with two attached hydrogens (primary N) is 1.